The van der Waals surface area contributed by atoms with E-state index in [-0.39, 0.29) is 16.4 Å². The summed E-state index contributed by atoms with van der Waals surface area (Å²) in [5.74, 6) is -2.22. The number of aromatic nitrogens is 2. The van der Waals surface area contributed by atoms with E-state index >= 15 is 0 Å². The van der Waals surface area contributed by atoms with Gasteiger partial charge in [0.2, 0.25) is 0 Å². The summed E-state index contributed by atoms with van der Waals surface area (Å²) < 4.78 is 0.927. The van der Waals surface area contributed by atoms with Gasteiger partial charge in [-0.2, -0.15) is 15.2 Å². The molecule has 0 bridgehead atoms. The van der Waals surface area contributed by atoms with Gasteiger partial charge in [-0.1, -0.05) is 12.1 Å². The van der Waals surface area contributed by atoms with Gasteiger partial charge >= 0.3 is 0 Å². The van der Waals surface area contributed by atoms with Crippen LogP contribution in [0.15, 0.2) is 29.1 Å². The highest BCUT2D eigenvalue weighted by atomic mass is 32.1. The van der Waals surface area contributed by atoms with Crippen LogP contribution in [0.2, 0.25) is 0 Å². The Morgan fingerprint density at radius 1 is 1.44 bits per heavy atom. The van der Waals surface area contributed by atoms with Crippen LogP contribution in [0.1, 0.15) is 22.7 Å². The molecule has 0 saturated carbocycles. The number of nitro groups is 1. The zero-order valence-electron chi connectivity index (χ0n) is 13.0. The topological polar surface area (TPSA) is 155 Å². The Hall–Kier alpha value is -3.50. The van der Waals surface area contributed by atoms with E-state index in [1.54, 1.807) is 6.92 Å². The van der Waals surface area contributed by atoms with Gasteiger partial charge in [-0.25, -0.2) is 0 Å². The van der Waals surface area contributed by atoms with Crippen LogP contribution < -0.4 is 11.3 Å². The van der Waals surface area contributed by atoms with Crippen LogP contribution in [0.25, 0.3) is 0 Å². The van der Waals surface area contributed by atoms with Gasteiger partial charge in [0.25, 0.3) is 11.2 Å². The summed E-state index contributed by atoms with van der Waals surface area (Å²) in [6.07, 6.45) is 0. The van der Waals surface area contributed by atoms with Gasteiger partial charge in [0.05, 0.1) is 17.1 Å². The predicted molar refractivity (Wildman–Crippen MR) is 91.6 cm³/mol. The maximum atomic E-state index is 12.6. The molecule has 0 fully saturated rings. The van der Waals surface area contributed by atoms with E-state index in [1.807, 2.05) is 12.1 Å². The van der Waals surface area contributed by atoms with Gasteiger partial charge in [-0.05, 0) is 24.7 Å². The van der Waals surface area contributed by atoms with Crippen molar-refractivity contribution in [3.8, 4) is 12.1 Å². The van der Waals surface area contributed by atoms with E-state index in [9.17, 15) is 25.4 Å². The summed E-state index contributed by atoms with van der Waals surface area (Å²) >= 11 is 4.79. The number of benzene rings is 1. The lowest BCUT2D eigenvalue weighted by Crippen LogP contribution is -2.32. The highest BCUT2D eigenvalue weighted by Crippen LogP contribution is 2.33. The van der Waals surface area contributed by atoms with E-state index in [1.165, 1.54) is 24.3 Å². The maximum absolute atomic E-state index is 12.6. The number of nitrogens with zero attached hydrogens (tertiary/aromatic N) is 4. The molecule has 1 aromatic heterocycles. The second kappa shape index (κ2) is 6.95. The Bertz CT molecular complexity index is 980. The van der Waals surface area contributed by atoms with Crippen molar-refractivity contribution < 1.29 is 4.92 Å². The van der Waals surface area contributed by atoms with Gasteiger partial charge in [0.1, 0.15) is 5.92 Å². The van der Waals surface area contributed by atoms with Crippen molar-refractivity contribution in [1.82, 2.24) is 9.78 Å². The number of aromatic amines is 1. The number of thiocarbonyl (C=S) groups is 1. The number of H-pyrrole nitrogens is 1. The first-order valence-electron chi connectivity index (χ1n) is 6.96. The van der Waals surface area contributed by atoms with Gasteiger partial charge in [-0.15, -0.1) is 0 Å². The van der Waals surface area contributed by atoms with E-state index in [2.05, 4.69) is 5.10 Å². The molecule has 25 heavy (non-hydrogen) atoms. The molecule has 1 aromatic carbocycles. The number of rotatable bonds is 4. The van der Waals surface area contributed by atoms with Gasteiger partial charge in [0.15, 0.2) is 5.11 Å². The van der Waals surface area contributed by atoms with E-state index in [0.717, 1.165) is 4.68 Å². The molecule has 1 atom stereocenters. The molecule has 0 aliphatic heterocycles. The first kappa shape index (κ1) is 17.8. The van der Waals surface area contributed by atoms with Crippen LogP contribution >= 0.6 is 12.2 Å². The van der Waals surface area contributed by atoms with E-state index in [4.69, 9.17) is 18.0 Å². The zero-order valence-corrected chi connectivity index (χ0v) is 13.8. The molecule has 0 saturated heterocycles. The van der Waals surface area contributed by atoms with Gasteiger partial charge in [0, 0.05) is 29.3 Å². The van der Waals surface area contributed by atoms with Crippen LogP contribution in [0, 0.1) is 45.6 Å². The number of nitrogens with one attached hydrogen (secondary N) is 1. The maximum Gasteiger partial charge on any atom is 0.277 e. The fourth-order valence-electron chi connectivity index (χ4n) is 2.62. The average molecular weight is 356 g/mol. The highest BCUT2D eigenvalue weighted by Gasteiger charge is 2.32. The molecule has 0 amide bonds. The van der Waals surface area contributed by atoms with Gasteiger partial charge < -0.3 is 5.73 Å². The normalized spacial score (nSPS) is 11.5. The summed E-state index contributed by atoms with van der Waals surface area (Å²) in [6.45, 7) is 1.57. The number of aryl methyl sites for hydroxylation is 1. The van der Waals surface area contributed by atoms with Crippen molar-refractivity contribution in [3.63, 3.8) is 0 Å². The minimum absolute atomic E-state index is 0.112. The van der Waals surface area contributed by atoms with Crippen LogP contribution in [0.3, 0.4) is 0 Å². The third kappa shape index (κ3) is 3.24. The number of non-ortho nitro benzene ring substituents is 1. The first-order chi connectivity index (χ1) is 11.8. The molecule has 0 unspecified atom stereocenters. The van der Waals surface area contributed by atoms with Crippen molar-refractivity contribution in [2.75, 3.05) is 0 Å². The second-order valence-corrected chi connectivity index (χ2v) is 5.61. The predicted octanol–water partition coefficient (Wildman–Crippen LogP) is 1.28. The quantitative estimate of drug-likeness (QED) is 0.475. The summed E-state index contributed by atoms with van der Waals surface area (Å²) in [5.41, 5.74) is 5.46. The summed E-state index contributed by atoms with van der Waals surface area (Å²) in [6, 6.07) is 9.14. The third-order valence-corrected chi connectivity index (χ3v) is 3.88. The van der Waals surface area contributed by atoms with Gasteiger partial charge in [-0.3, -0.25) is 20.0 Å². The molecule has 0 radical (unpaired) electrons. The standard InChI is InChI=1S/C15H12N6O3S/c1-8-12(14(22)20(19-8)15(18)25)13(10(6-16)7-17)9-3-2-4-11(5-9)21(23)24/h2-5,10,13,19H,1H3,(H2,18,25)/t13-/m0/s1. The zero-order chi connectivity index (χ0) is 18.7. The minimum Gasteiger partial charge on any atom is -0.374 e. The van der Waals surface area contributed by atoms with Crippen molar-refractivity contribution in [3.05, 3.63) is 61.6 Å². The number of hydrogen-bond donors (Lipinski definition) is 2. The Morgan fingerprint density at radius 3 is 2.56 bits per heavy atom. The van der Waals surface area contributed by atoms with Crippen LogP contribution in [-0.2, 0) is 0 Å². The van der Waals surface area contributed by atoms with Crippen LogP contribution in [0.5, 0.6) is 0 Å². The lowest BCUT2D eigenvalue weighted by molar-refractivity contribution is -0.384. The van der Waals surface area contributed by atoms with Crippen LogP contribution in [-0.4, -0.2) is 19.8 Å². The largest absolute Gasteiger partial charge is 0.374 e. The van der Waals surface area contributed by atoms with Crippen molar-refractivity contribution in [2.45, 2.75) is 12.8 Å². The monoisotopic (exact) mass is 356 g/mol. The molecule has 2 aromatic rings. The molecule has 10 heteroatoms. The third-order valence-electron chi connectivity index (χ3n) is 3.70. The molecule has 9 nitrogen and oxygen atoms in total. The molecular formula is C15H12N6O3S. The second-order valence-electron chi connectivity index (χ2n) is 5.19. The SMILES string of the molecule is Cc1[nH]n(C(N)=S)c(=O)c1[C@@H](c1cccc([N+](=O)[O-])c1)C(C#N)C#N. The molecule has 3 N–H and O–H groups in total. The Kier molecular flexibility index (Phi) is 4.96. The Morgan fingerprint density at radius 2 is 2.08 bits per heavy atom. The van der Waals surface area contributed by atoms with Crippen molar-refractivity contribution in [1.29, 1.82) is 10.5 Å². The number of nitro benzene ring substituents is 1. The molecular weight excluding hydrogens is 344 g/mol. The molecule has 0 aliphatic carbocycles. The van der Waals surface area contributed by atoms with E-state index < -0.39 is 22.3 Å². The molecule has 1 heterocycles. The smallest absolute Gasteiger partial charge is 0.277 e. The number of nitrogens with two attached hydrogens (primary N) is 1. The number of nitriles is 2. The molecule has 0 aliphatic rings. The van der Waals surface area contributed by atoms with Crippen LogP contribution in [0.4, 0.5) is 5.69 Å². The highest BCUT2D eigenvalue weighted by molar-refractivity contribution is 7.80. The molecule has 0 spiro atoms. The summed E-state index contributed by atoms with van der Waals surface area (Å²) in [7, 11) is 0. The summed E-state index contributed by atoms with van der Waals surface area (Å²) in [5, 5.41) is 32.1. The van der Waals surface area contributed by atoms with Crippen molar-refractivity contribution >= 4 is 23.0 Å². The lowest BCUT2D eigenvalue weighted by atomic mass is 9.82. The first-order valence-corrected chi connectivity index (χ1v) is 7.37. The average Bonchev–Trinajstić information content (AvgIpc) is 2.87. The fraction of sp³-hybridized carbons (Fsp3) is 0.200. The molecule has 2 rings (SSSR count). The minimum atomic E-state index is -1.23. The lowest BCUT2D eigenvalue weighted by Gasteiger charge is -2.16. The fourth-order valence-corrected chi connectivity index (χ4v) is 2.75. The molecule has 126 valence electrons. The Labute approximate surface area is 147 Å². The number of hydrogen-bond acceptors (Lipinski definition) is 6. The Balaban J connectivity index is 2.77. The summed E-state index contributed by atoms with van der Waals surface area (Å²) in [4.78, 5) is 23.0. The van der Waals surface area contributed by atoms with Crippen molar-refractivity contribution in [2.24, 2.45) is 11.7 Å². The van der Waals surface area contributed by atoms with E-state index in [0.29, 0.717) is 11.3 Å².